The van der Waals surface area contributed by atoms with Gasteiger partial charge in [-0.2, -0.15) is 0 Å². The molecule has 3 nitrogen and oxygen atoms in total. The smallest absolute Gasteiger partial charge is 0.407 e. The largest absolute Gasteiger partial charge is 0.444 e. The Morgan fingerprint density at radius 3 is 2.67 bits per heavy atom. The third kappa shape index (κ3) is 10.7. The number of carbonyl (C=O) groups excluding carboxylic acids is 1. The van der Waals surface area contributed by atoms with Crippen molar-refractivity contribution in [3.8, 4) is 0 Å². The Kier molecular flexibility index (Phi) is 6.50. The molecule has 0 aliphatic rings. The van der Waals surface area contributed by atoms with E-state index in [1.807, 2.05) is 32.9 Å². The summed E-state index contributed by atoms with van der Waals surface area (Å²) in [7, 11) is 0. The fraction of sp³-hybridized carbons (Fsp3) is 0.583. The molecule has 0 spiro atoms. The Bertz CT molecular complexity index is 226. The third-order valence-corrected chi connectivity index (χ3v) is 1.49. The van der Waals surface area contributed by atoms with Crippen molar-refractivity contribution in [3.05, 3.63) is 24.8 Å². The minimum atomic E-state index is -0.424. The van der Waals surface area contributed by atoms with Gasteiger partial charge in [-0.25, -0.2) is 4.79 Å². The van der Waals surface area contributed by atoms with Crippen molar-refractivity contribution >= 4 is 6.09 Å². The molecule has 1 amide bonds. The van der Waals surface area contributed by atoms with Crippen LogP contribution in [0.5, 0.6) is 0 Å². The lowest BCUT2D eigenvalue weighted by atomic mass is 10.2. The zero-order chi connectivity index (χ0) is 11.7. The van der Waals surface area contributed by atoms with Crippen LogP contribution in [0.1, 0.15) is 33.6 Å². The summed E-state index contributed by atoms with van der Waals surface area (Å²) in [5.74, 6) is 0. The SMILES string of the molecule is C=CC=CCCCNC(=O)OC(C)(C)C. The Hall–Kier alpha value is -1.25. The second-order valence-electron chi connectivity index (χ2n) is 4.23. The molecule has 0 rings (SSSR count). The lowest BCUT2D eigenvalue weighted by molar-refractivity contribution is 0.0527. The predicted octanol–water partition coefficient (Wildman–Crippen LogP) is 3.03. The van der Waals surface area contributed by atoms with Crippen molar-refractivity contribution in [3.63, 3.8) is 0 Å². The zero-order valence-electron chi connectivity index (χ0n) is 9.88. The van der Waals surface area contributed by atoms with Gasteiger partial charge >= 0.3 is 6.09 Å². The van der Waals surface area contributed by atoms with E-state index in [9.17, 15) is 4.79 Å². The number of nitrogens with one attached hydrogen (secondary N) is 1. The van der Waals surface area contributed by atoms with Gasteiger partial charge in [0.1, 0.15) is 5.60 Å². The highest BCUT2D eigenvalue weighted by molar-refractivity contribution is 5.67. The molecule has 0 heterocycles. The van der Waals surface area contributed by atoms with Crippen LogP contribution < -0.4 is 5.32 Å². The maximum Gasteiger partial charge on any atom is 0.407 e. The molecule has 0 bridgehead atoms. The number of rotatable bonds is 5. The number of allylic oxidation sites excluding steroid dienone is 3. The lowest BCUT2D eigenvalue weighted by Gasteiger charge is -2.19. The normalized spacial score (nSPS) is 11.4. The summed E-state index contributed by atoms with van der Waals surface area (Å²) in [5, 5.41) is 2.70. The summed E-state index contributed by atoms with van der Waals surface area (Å²) < 4.78 is 5.08. The molecule has 0 fully saturated rings. The number of amides is 1. The molecule has 0 saturated heterocycles. The van der Waals surface area contributed by atoms with Gasteiger partial charge in [0.05, 0.1) is 0 Å². The Labute approximate surface area is 92.2 Å². The van der Waals surface area contributed by atoms with E-state index in [1.165, 1.54) is 0 Å². The number of alkyl carbamates (subject to hydrolysis) is 1. The summed E-state index contributed by atoms with van der Waals surface area (Å²) in [6.45, 7) is 9.75. The Balaban J connectivity index is 3.48. The molecule has 0 aromatic carbocycles. The van der Waals surface area contributed by atoms with Gasteiger partial charge in [0.25, 0.3) is 0 Å². The fourth-order valence-electron chi connectivity index (χ4n) is 0.917. The van der Waals surface area contributed by atoms with Gasteiger partial charge in [-0.15, -0.1) is 0 Å². The molecule has 0 aromatic heterocycles. The van der Waals surface area contributed by atoms with E-state index < -0.39 is 5.60 Å². The molecular formula is C12H21NO2. The topological polar surface area (TPSA) is 38.3 Å². The van der Waals surface area contributed by atoms with Crippen LogP contribution >= 0.6 is 0 Å². The molecule has 0 radical (unpaired) electrons. The minimum absolute atomic E-state index is 0.352. The second kappa shape index (κ2) is 7.10. The maximum absolute atomic E-state index is 11.2. The van der Waals surface area contributed by atoms with E-state index in [0.717, 1.165) is 12.8 Å². The monoisotopic (exact) mass is 211 g/mol. The van der Waals surface area contributed by atoms with Crippen LogP contribution in [0, 0.1) is 0 Å². The number of unbranched alkanes of at least 4 members (excludes halogenated alkanes) is 1. The Morgan fingerprint density at radius 1 is 1.47 bits per heavy atom. The van der Waals surface area contributed by atoms with Gasteiger partial charge in [-0.1, -0.05) is 24.8 Å². The minimum Gasteiger partial charge on any atom is -0.444 e. The van der Waals surface area contributed by atoms with Crippen molar-refractivity contribution < 1.29 is 9.53 Å². The van der Waals surface area contributed by atoms with E-state index in [-0.39, 0.29) is 6.09 Å². The van der Waals surface area contributed by atoms with Crippen molar-refractivity contribution in [1.29, 1.82) is 0 Å². The van der Waals surface area contributed by atoms with E-state index >= 15 is 0 Å². The van der Waals surface area contributed by atoms with Crippen LogP contribution in [0.15, 0.2) is 24.8 Å². The first kappa shape index (κ1) is 13.8. The van der Waals surface area contributed by atoms with Crippen LogP contribution in [-0.2, 0) is 4.74 Å². The van der Waals surface area contributed by atoms with Crippen LogP contribution in [0.3, 0.4) is 0 Å². The van der Waals surface area contributed by atoms with Gasteiger partial charge in [0.15, 0.2) is 0 Å². The molecule has 0 aliphatic carbocycles. The molecule has 0 aromatic rings. The number of hydrogen-bond acceptors (Lipinski definition) is 2. The fourth-order valence-corrected chi connectivity index (χ4v) is 0.917. The molecule has 0 unspecified atom stereocenters. The van der Waals surface area contributed by atoms with Gasteiger partial charge in [-0.05, 0) is 33.6 Å². The summed E-state index contributed by atoms with van der Waals surface area (Å²) >= 11 is 0. The molecule has 15 heavy (non-hydrogen) atoms. The standard InChI is InChI=1S/C12H21NO2/c1-5-6-7-8-9-10-13-11(14)15-12(2,3)4/h5-7H,1,8-10H2,2-4H3,(H,13,14). The second-order valence-corrected chi connectivity index (χ2v) is 4.23. The summed E-state index contributed by atoms with van der Waals surface area (Å²) in [6, 6.07) is 0. The highest BCUT2D eigenvalue weighted by atomic mass is 16.6. The highest BCUT2D eigenvalue weighted by Gasteiger charge is 2.15. The van der Waals surface area contributed by atoms with Crippen molar-refractivity contribution in [2.75, 3.05) is 6.54 Å². The van der Waals surface area contributed by atoms with E-state index in [2.05, 4.69) is 11.9 Å². The summed E-state index contributed by atoms with van der Waals surface area (Å²) in [4.78, 5) is 11.2. The van der Waals surface area contributed by atoms with Crippen LogP contribution in [0.2, 0.25) is 0 Å². The average molecular weight is 211 g/mol. The molecule has 0 saturated carbocycles. The van der Waals surface area contributed by atoms with Crippen molar-refractivity contribution in [2.45, 2.75) is 39.2 Å². The van der Waals surface area contributed by atoms with Gasteiger partial charge in [0.2, 0.25) is 0 Å². The van der Waals surface area contributed by atoms with Gasteiger partial charge in [0, 0.05) is 6.54 Å². The summed E-state index contributed by atoms with van der Waals surface area (Å²) in [6.07, 6.45) is 7.14. The van der Waals surface area contributed by atoms with E-state index in [4.69, 9.17) is 4.74 Å². The first-order valence-electron chi connectivity index (χ1n) is 5.20. The van der Waals surface area contributed by atoms with Crippen LogP contribution in [-0.4, -0.2) is 18.2 Å². The molecule has 3 heteroatoms. The van der Waals surface area contributed by atoms with Crippen molar-refractivity contribution in [1.82, 2.24) is 5.32 Å². The molecule has 0 aliphatic heterocycles. The number of hydrogen-bond donors (Lipinski definition) is 1. The first-order chi connectivity index (χ1) is 6.95. The van der Waals surface area contributed by atoms with Crippen LogP contribution in [0.4, 0.5) is 4.79 Å². The Morgan fingerprint density at radius 2 is 2.13 bits per heavy atom. The van der Waals surface area contributed by atoms with Gasteiger partial charge < -0.3 is 10.1 Å². The molecule has 86 valence electrons. The molecule has 1 N–H and O–H groups in total. The lowest BCUT2D eigenvalue weighted by Crippen LogP contribution is -2.32. The summed E-state index contributed by atoms with van der Waals surface area (Å²) in [5.41, 5.74) is -0.424. The third-order valence-electron chi connectivity index (χ3n) is 1.49. The quantitative estimate of drug-likeness (QED) is 0.560. The van der Waals surface area contributed by atoms with E-state index in [1.54, 1.807) is 6.08 Å². The molecule has 0 atom stereocenters. The highest BCUT2D eigenvalue weighted by Crippen LogP contribution is 2.06. The zero-order valence-corrected chi connectivity index (χ0v) is 9.88. The average Bonchev–Trinajstić information content (AvgIpc) is 2.08. The maximum atomic E-state index is 11.2. The van der Waals surface area contributed by atoms with E-state index in [0.29, 0.717) is 6.54 Å². The predicted molar refractivity (Wildman–Crippen MR) is 62.8 cm³/mol. The van der Waals surface area contributed by atoms with Crippen LogP contribution in [0.25, 0.3) is 0 Å². The number of ether oxygens (including phenoxy) is 1. The first-order valence-corrected chi connectivity index (χ1v) is 5.20. The van der Waals surface area contributed by atoms with Crippen molar-refractivity contribution in [2.24, 2.45) is 0 Å². The number of carbonyl (C=O) groups is 1. The van der Waals surface area contributed by atoms with Gasteiger partial charge in [-0.3, -0.25) is 0 Å². The molecular weight excluding hydrogens is 190 g/mol.